The van der Waals surface area contributed by atoms with E-state index in [1.54, 1.807) is 11.3 Å². The number of aryl methyl sites for hydroxylation is 2. The summed E-state index contributed by atoms with van der Waals surface area (Å²) in [5.74, 6) is 0.0360. The first-order chi connectivity index (χ1) is 11.6. The fourth-order valence-corrected chi connectivity index (χ4v) is 3.55. The molecule has 0 bridgehead atoms. The highest BCUT2D eigenvalue weighted by Crippen LogP contribution is 2.25. The van der Waals surface area contributed by atoms with Gasteiger partial charge in [0.2, 0.25) is 5.91 Å². The van der Waals surface area contributed by atoms with E-state index in [1.165, 1.54) is 5.56 Å². The van der Waals surface area contributed by atoms with Crippen LogP contribution < -0.4 is 11.1 Å². The summed E-state index contributed by atoms with van der Waals surface area (Å²) in [7, 11) is 0. The summed E-state index contributed by atoms with van der Waals surface area (Å²) < 4.78 is 0. The number of carbonyl (C=O) groups is 1. The van der Waals surface area contributed by atoms with Crippen molar-refractivity contribution >= 4 is 17.2 Å². The van der Waals surface area contributed by atoms with Crippen LogP contribution in [0.1, 0.15) is 43.0 Å². The van der Waals surface area contributed by atoms with Crippen LogP contribution in [0, 0.1) is 5.41 Å². The molecule has 2 rings (SSSR count). The first kappa shape index (κ1) is 18.6. The minimum absolute atomic E-state index is 0.0360. The van der Waals surface area contributed by atoms with E-state index in [0.29, 0.717) is 13.1 Å². The van der Waals surface area contributed by atoms with Gasteiger partial charge >= 0.3 is 0 Å². The first-order valence-electron chi connectivity index (χ1n) is 8.59. The third kappa shape index (κ3) is 4.65. The van der Waals surface area contributed by atoms with Crippen LogP contribution in [0.15, 0.2) is 35.7 Å². The van der Waals surface area contributed by atoms with Gasteiger partial charge in [0.15, 0.2) is 0 Å². The van der Waals surface area contributed by atoms with Crippen molar-refractivity contribution in [3.63, 3.8) is 0 Å². The molecule has 1 aromatic heterocycles. The Morgan fingerprint density at radius 3 is 2.54 bits per heavy atom. The maximum absolute atomic E-state index is 12.4. The summed E-state index contributed by atoms with van der Waals surface area (Å²) in [6.45, 7) is 4.88. The SMILES string of the molecule is CCC(CC)(CN)C(=O)NCc1csc(CCc2ccccc2)n1. The molecule has 1 heterocycles. The highest BCUT2D eigenvalue weighted by atomic mass is 32.1. The number of rotatable bonds is 9. The molecule has 0 atom stereocenters. The number of carbonyl (C=O) groups excluding carboxylic acids is 1. The lowest BCUT2D eigenvalue weighted by molar-refractivity contribution is -0.131. The van der Waals surface area contributed by atoms with Crippen molar-refractivity contribution < 1.29 is 4.79 Å². The van der Waals surface area contributed by atoms with E-state index >= 15 is 0 Å². The van der Waals surface area contributed by atoms with Crippen LogP contribution in [0.4, 0.5) is 0 Å². The maximum atomic E-state index is 12.4. The molecule has 5 heteroatoms. The molecule has 3 N–H and O–H groups in total. The van der Waals surface area contributed by atoms with Crippen LogP contribution in [0.3, 0.4) is 0 Å². The molecule has 0 aliphatic heterocycles. The predicted octanol–water partition coefficient (Wildman–Crippen LogP) is 3.31. The van der Waals surface area contributed by atoms with Crippen molar-refractivity contribution in [1.82, 2.24) is 10.3 Å². The van der Waals surface area contributed by atoms with Gasteiger partial charge in [-0.1, -0.05) is 44.2 Å². The zero-order chi connectivity index (χ0) is 17.4. The molecule has 0 spiro atoms. The summed E-state index contributed by atoms with van der Waals surface area (Å²) in [6.07, 6.45) is 3.43. The van der Waals surface area contributed by atoms with Gasteiger partial charge in [0.1, 0.15) is 0 Å². The normalized spacial score (nSPS) is 11.5. The van der Waals surface area contributed by atoms with E-state index in [4.69, 9.17) is 5.73 Å². The topological polar surface area (TPSA) is 68.0 Å². The van der Waals surface area contributed by atoms with Crippen molar-refractivity contribution in [2.24, 2.45) is 11.1 Å². The smallest absolute Gasteiger partial charge is 0.227 e. The van der Waals surface area contributed by atoms with Gasteiger partial charge in [0.05, 0.1) is 22.7 Å². The lowest BCUT2D eigenvalue weighted by Crippen LogP contribution is -2.45. The van der Waals surface area contributed by atoms with Crippen LogP contribution in [0.25, 0.3) is 0 Å². The van der Waals surface area contributed by atoms with Crippen molar-refractivity contribution in [3.8, 4) is 0 Å². The molecular formula is C19H27N3OS. The average molecular weight is 346 g/mol. The molecule has 24 heavy (non-hydrogen) atoms. The molecule has 0 fully saturated rings. The average Bonchev–Trinajstić information content (AvgIpc) is 3.09. The minimum atomic E-state index is -0.452. The summed E-state index contributed by atoms with van der Waals surface area (Å²) in [4.78, 5) is 17.1. The molecule has 1 aromatic carbocycles. The van der Waals surface area contributed by atoms with Gasteiger partial charge < -0.3 is 11.1 Å². The molecule has 0 aliphatic rings. The second-order valence-electron chi connectivity index (χ2n) is 6.09. The van der Waals surface area contributed by atoms with Crippen LogP contribution in [-0.2, 0) is 24.2 Å². The lowest BCUT2D eigenvalue weighted by Gasteiger charge is -2.28. The van der Waals surface area contributed by atoms with Gasteiger partial charge in [-0.3, -0.25) is 4.79 Å². The molecule has 0 saturated heterocycles. The first-order valence-corrected chi connectivity index (χ1v) is 9.47. The Morgan fingerprint density at radius 1 is 1.21 bits per heavy atom. The quantitative estimate of drug-likeness (QED) is 0.732. The molecule has 4 nitrogen and oxygen atoms in total. The Balaban J connectivity index is 1.86. The van der Waals surface area contributed by atoms with Crippen molar-refractivity contribution in [2.75, 3.05) is 6.54 Å². The van der Waals surface area contributed by atoms with Gasteiger partial charge in [-0.05, 0) is 24.8 Å². The summed E-state index contributed by atoms with van der Waals surface area (Å²) >= 11 is 1.66. The van der Waals surface area contributed by atoms with Gasteiger partial charge in [-0.15, -0.1) is 11.3 Å². The van der Waals surface area contributed by atoms with Crippen LogP contribution in [0.2, 0.25) is 0 Å². The molecule has 0 saturated carbocycles. The van der Waals surface area contributed by atoms with Crippen LogP contribution in [-0.4, -0.2) is 17.4 Å². The summed E-state index contributed by atoms with van der Waals surface area (Å²) in [5.41, 5.74) is 7.62. The van der Waals surface area contributed by atoms with E-state index in [0.717, 1.165) is 36.4 Å². The molecule has 0 aliphatic carbocycles. The third-order valence-corrected chi connectivity index (χ3v) is 5.68. The fourth-order valence-electron chi connectivity index (χ4n) is 2.75. The van der Waals surface area contributed by atoms with Crippen molar-refractivity contribution in [1.29, 1.82) is 0 Å². The fraction of sp³-hybridized carbons (Fsp3) is 0.474. The standard InChI is InChI=1S/C19H27N3OS/c1-3-19(4-2,14-20)18(23)21-12-16-13-24-17(22-16)11-10-15-8-6-5-7-9-15/h5-9,13H,3-4,10-12,14,20H2,1-2H3,(H,21,23). The lowest BCUT2D eigenvalue weighted by atomic mass is 9.81. The number of benzene rings is 1. The van der Waals surface area contributed by atoms with E-state index in [9.17, 15) is 4.79 Å². The Bertz CT molecular complexity index is 627. The van der Waals surface area contributed by atoms with E-state index in [1.807, 2.05) is 25.3 Å². The van der Waals surface area contributed by atoms with Crippen LogP contribution >= 0.6 is 11.3 Å². The molecular weight excluding hydrogens is 318 g/mol. The Kier molecular flexibility index (Phi) is 6.94. The van der Waals surface area contributed by atoms with Gasteiger partial charge in [-0.25, -0.2) is 4.98 Å². The molecule has 2 aromatic rings. The Hall–Kier alpha value is -1.72. The van der Waals surface area contributed by atoms with Gasteiger partial charge in [-0.2, -0.15) is 0 Å². The largest absolute Gasteiger partial charge is 0.350 e. The minimum Gasteiger partial charge on any atom is -0.350 e. The highest BCUT2D eigenvalue weighted by Gasteiger charge is 2.33. The molecule has 0 unspecified atom stereocenters. The number of amides is 1. The number of nitrogens with one attached hydrogen (secondary N) is 1. The molecule has 0 radical (unpaired) electrons. The van der Waals surface area contributed by atoms with Crippen molar-refractivity contribution in [3.05, 3.63) is 52.0 Å². The Morgan fingerprint density at radius 2 is 1.92 bits per heavy atom. The Labute approximate surface area is 148 Å². The van der Waals surface area contributed by atoms with Gasteiger partial charge in [0.25, 0.3) is 0 Å². The number of hydrogen-bond donors (Lipinski definition) is 2. The zero-order valence-corrected chi connectivity index (χ0v) is 15.4. The zero-order valence-electron chi connectivity index (χ0n) is 14.5. The second-order valence-corrected chi connectivity index (χ2v) is 7.04. The number of hydrogen-bond acceptors (Lipinski definition) is 4. The highest BCUT2D eigenvalue weighted by molar-refractivity contribution is 7.09. The van der Waals surface area contributed by atoms with Gasteiger partial charge in [0, 0.05) is 18.3 Å². The summed E-state index contributed by atoms with van der Waals surface area (Å²) in [5, 5.41) is 6.15. The molecule has 130 valence electrons. The summed E-state index contributed by atoms with van der Waals surface area (Å²) in [6, 6.07) is 10.4. The predicted molar refractivity (Wildman–Crippen MR) is 99.9 cm³/mol. The number of aromatic nitrogens is 1. The number of nitrogens with two attached hydrogens (primary N) is 1. The number of nitrogens with zero attached hydrogens (tertiary/aromatic N) is 1. The van der Waals surface area contributed by atoms with E-state index in [2.05, 4.69) is 34.6 Å². The van der Waals surface area contributed by atoms with E-state index < -0.39 is 5.41 Å². The van der Waals surface area contributed by atoms with E-state index in [-0.39, 0.29) is 5.91 Å². The molecule has 1 amide bonds. The third-order valence-electron chi connectivity index (χ3n) is 4.73. The van der Waals surface area contributed by atoms with Crippen molar-refractivity contribution in [2.45, 2.75) is 46.1 Å². The number of thiazole rings is 1. The maximum Gasteiger partial charge on any atom is 0.227 e. The van der Waals surface area contributed by atoms with Crippen LogP contribution in [0.5, 0.6) is 0 Å². The second kappa shape index (κ2) is 8.94. The monoisotopic (exact) mass is 345 g/mol.